The Labute approximate surface area is 101 Å². The summed E-state index contributed by atoms with van der Waals surface area (Å²) in [5, 5.41) is 9.90. The molecule has 15 heavy (non-hydrogen) atoms. The molecule has 0 aliphatic rings. The van der Waals surface area contributed by atoms with Crippen LogP contribution in [0.3, 0.4) is 0 Å². The molecular formula is C11H8BrClO2. The van der Waals surface area contributed by atoms with Crippen molar-refractivity contribution in [1.29, 1.82) is 0 Å². The highest BCUT2D eigenvalue weighted by atomic mass is 79.9. The van der Waals surface area contributed by atoms with Crippen molar-refractivity contribution >= 4 is 33.5 Å². The summed E-state index contributed by atoms with van der Waals surface area (Å²) in [6.07, 6.45) is 0.733. The van der Waals surface area contributed by atoms with Gasteiger partial charge in [0.25, 0.3) is 0 Å². The first kappa shape index (κ1) is 12.1. The van der Waals surface area contributed by atoms with Crippen LogP contribution >= 0.6 is 27.5 Å². The van der Waals surface area contributed by atoms with E-state index in [0.717, 1.165) is 11.8 Å². The van der Waals surface area contributed by atoms with Crippen LogP contribution in [0.25, 0.3) is 0 Å². The van der Waals surface area contributed by atoms with Crippen molar-refractivity contribution in [2.75, 3.05) is 5.33 Å². The highest BCUT2D eigenvalue weighted by molar-refractivity contribution is 9.09. The van der Waals surface area contributed by atoms with Crippen molar-refractivity contribution in [3.05, 3.63) is 34.3 Å². The van der Waals surface area contributed by atoms with Gasteiger partial charge >= 0.3 is 5.97 Å². The molecule has 1 aromatic rings. The summed E-state index contributed by atoms with van der Waals surface area (Å²) in [6, 6.07) is 4.52. The molecule has 1 aromatic carbocycles. The van der Waals surface area contributed by atoms with Crippen LogP contribution in [-0.2, 0) is 0 Å². The fraction of sp³-hybridized carbons (Fsp3) is 0.182. The van der Waals surface area contributed by atoms with Crippen LogP contribution in [0.4, 0.5) is 0 Å². The van der Waals surface area contributed by atoms with Crippen LogP contribution in [0.5, 0.6) is 0 Å². The summed E-state index contributed by atoms with van der Waals surface area (Å²) in [5.74, 6) is 4.80. The molecule has 0 fully saturated rings. The number of aromatic carboxylic acids is 1. The van der Waals surface area contributed by atoms with Gasteiger partial charge in [0.05, 0.1) is 10.6 Å². The van der Waals surface area contributed by atoms with Crippen LogP contribution in [0.15, 0.2) is 18.2 Å². The topological polar surface area (TPSA) is 37.3 Å². The molecule has 0 saturated heterocycles. The SMILES string of the molecule is O=C(O)c1ccc(C#CCCBr)c(Cl)c1. The molecule has 1 rings (SSSR count). The van der Waals surface area contributed by atoms with E-state index in [9.17, 15) is 4.79 Å². The predicted octanol–water partition coefficient (Wildman–Crippen LogP) is 3.17. The molecule has 0 amide bonds. The van der Waals surface area contributed by atoms with Gasteiger partial charge in [-0.1, -0.05) is 39.4 Å². The third kappa shape index (κ3) is 3.58. The Morgan fingerprint density at radius 3 is 2.80 bits per heavy atom. The van der Waals surface area contributed by atoms with Gasteiger partial charge in [-0.05, 0) is 18.2 Å². The lowest BCUT2D eigenvalue weighted by Crippen LogP contribution is -1.95. The van der Waals surface area contributed by atoms with Crippen LogP contribution in [-0.4, -0.2) is 16.4 Å². The van der Waals surface area contributed by atoms with Gasteiger partial charge < -0.3 is 5.11 Å². The second-order valence-corrected chi connectivity index (χ2v) is 3.94. The van der Waals surface area contributed by atoms with E-state index in [2.05, 4.69) is 27.8 Å². The van der Waals surface area contributed by atoms with Gasteiger partial charge in [-0.25, -0.2) is 4.79 Å². The van der Waals surface area contributed by atoms with E-state index in [1.807, 2.05) is 0 Å². The molecule has 4 heteroatoms. The first-order chi connectivity index (χ1) is 7.15. The van der Waals surface area contributed by atoms with Crippen LogP contribution in [0.2, 0.25) is 5.02 Å². The summed E-state index contributed by atoms with van der Waals surface area (Å²) in [4.78, 5) is 10.6. The second kappa shape index (κ2) is 5.79. The fourth-order valence-corrected chi connectivity index (χ4v) is 1.38. The number of hydrogen-bond acceptors (Lipinski definition) is 1. The molecule has 78 valence electrons. The zero-order valence-electron chi connectivity index (χ0n) is 7.76. The maximum Gasteiger partial charge on any atom is 0.335 e. The summed E-state index contributed by atoms with van der Waals surface area (Å²) in [6.45, 7) is 0. The van der Waals surface area contributed by atoms with E-state index in [0.29, 0.717) is 10.6 Å². The minimum absolute atomic E-state index is 0.172. The van der Waals surface area contributed by atoms with Crippen LogP contribution in [0.1, 0.15) is 22.3 Å². The van der Waals surface area contributed by atoms with Crippen molar-refractivity contribution in [2.45, 2.75) is 6.42 Å². The third-order valence-electron chi connectivity index (χ3n) is 1.66. The zero-order chi connectivity index (χ0) is 11.3. The molecule has 0 saturated carbocycles. The lowest BCUT2D eigenvalue weighted by Gasteiger charge is -1.97. The molecule has 0 atom stereocenters. The smallest absolute Gasteiger partial charge is 0.335 e. The molecule has 0 bridgehead atoms. The van der Waals surface area contributed by atoms with Crippen molar-refractivity contribution in [3.63, 3.8) is 0 Å². The van der Waals surface area contributed by atoms with E-state index in [1.165, 1.54) is 12.1 Å². The number of hydrogen-bond donors (Lipinski definition) is 1. The Kier molecular flexibility index (Phi) is 4.67. The molecule has 2 nitrogen and oxygen atoms in total. The Morgan fingerprint density at radius 1 is 1.53 bits per heavy atom. The van der Waals surface area contributed by atoms with Gasteiger partial charge in [-0.3, -0.25) is 0 Å². The largest absolute Gasteiger partial charge is 0.478 e. The van der Waals surface area contributed by atoms with Crippen molar-refractivity contribution in [2.24, 2.45) is 0 Å². The molecule has 0 unspecified atom stereocenters. The molecule has 0 aliphatic carbocycles. The van der Waals surface area contributed by atoms with E-state index in [4.69, 9.17) is 16.7 Å². The van der Waals surface area contributed by atoms with E-state index in [-0.39, 0.29) is 5.56 Å². The summed E-state index contributed by atoms with van der Waals surface area (Å²) < 4.78 is 0. The van der Waals surface area contributed by atoms with Gasteiger partial charge in [-0.15, -0.1) is 0 Å². The van der Waals surface area contributed by atoms with Gasteiger partial charge in [0.15, 0.2) is 0 Å². The van der Waals surface area contributed by atoms with E-state index >= 15 is 0 Å². The Bertz CT molecular complexity index is 432. The molecular weight excluding hydrogens is 279 g/mol. The molecule has 0 aliphatic heterocycles. The third-order valence-corrected chi connectivity index (χ3v) is 2.37. The standard InChI is InChI=1S/C11H8BrClO2/c12-6-2-1-3-8-4-5-9(11(14)15)7-10(8)13/h4-5,7H,2,6H2,(H,14,15). The normalized spacial score (nSPS) is 9.20. The van der Waals surface area contributed by atoms with Gasteiger partial charge in [0.2, 0.25) is 0 Å². The van der Waals surface area contributed by atoms with Gasteiger partial charge in [0.1, 0.15) is 0 Å². The molecule has 0 radical (unpaired) electrons. The maximum absolute atomic E-state index is 10.6. The number of carbonyl (C=O) groups is 1. The van der Waals surface area contributed by atoms with Crippen molar-refractivity contribution in [1.82, 2.24) is 0 Å². The summed E-state index contributed by atoms with van der Waals surface area (Å²) in [5.41, 5.74) is 0.827. The molecule has 1 N–H and O–H groups in total. The monoisotopic (exact) mass is 286 g/mol. The second-order valence-electron chi connectivity index (χ2n) is 2.74. The number of rotatable bonds is 2. The number of carboxylic acid groups (broad SMARTS) is 1. The first-order valence-electron chi connectivity index (χ1n) is 4.23. The quantitative estimate of drug-likeness (QED) is 0.670. The Hall–Kier alpha value is -0.980. The average molecular weight is 288 g/mol. The average Bonchev–Trinajstić information content (AvgIpc) is 2.20. The summed E-state index contributed by atoms with van der Waals surface area (Å²) in [7, 11) is 0. The lowest BCUT2D eigenvalue weighted by molar-refractivity contribution is 0.0697. The molecule has 0 spiro atoms. The number of alkyl halides is 1. The van der Waals surface area contributed by atoms with Crippen molar-refractivity contribution in [3.8, 4) is 11.8 Å². The van der Waals surface area contributed by atoms with Gasteiger partial charge in [-0.2, -0.15) is 0 Å². The first-order valence-corrected chi connectivity index (χ1v) is 5.72. The van der Waals surface area contributed by atoms with Crippen LogP contribution in [0, 0.1) is 11.8 Å². The summed E-state index contributed by atoms with van der Waals surface area (Å²) >= 11 is 9.13. The highest BCUT2D eigenvalue weighted by Crippen LogP contribution is 2.16. The van der Waals surface area contributed by atoms with Crippen molar-refractivity contribution < 1.29 is 9.90 Å². The number of benzene rings is 1. The maximum atomic E-state index is 10.6. The van der Waals surface area contributed by atoms with E-state index < -0.39 is 5.97 Å². The van der Waals surface area contributed by atoms with E-state index in [1.54, 1.807) is 6.07 Å². The Balaban J connectivity index is 2.95. The minimum Gasteiger partial charge on any atom is -0.478 e. The predicted molar refractivity (Wildman–Crippen MR) is 63.7 cm³/mol. The zero-order valence-corrected chi connectivity index (χ0v) is 10.1. The highest BCUT2D eigenvalue weighted by Gasteiger charge is 2.04. The number of halogens is 2. The lowest BCUT2D eigenvalue weighted by atomic mass is 10.1. The van der Waals surface area contributed by atoms with Gasteiger partial charge in [0, 0.05) is 17.3 Å². The van der Waals surface area contributed by atoms with Crippen LogP contribution < -0.4 is 0 Å². The Morgan fingerprint density at radius 2 is 2.27 bits per heavy atom. The fourth-order valence-electron chi connectivity index (χ4n) is 0.954. The number of carboxylic acids is 1. The minimum atomic E-state index is -0.989. The molecule has 0 aromatic heterocycles. The molecule has 0 heterocycles.